The summed E-state index contributed by atoms with van der Waals surface area (Å²) in [4.78, 5) is 22.9. The van der Waals surface area contributed by atoms with Gasteiger partial charge in [-0.1, -0.05) is 12.7 Å². The van der Waals surface area contributed by atoms with Crippen LogP contribution in [0.1, 0.15) is 13.8 Å². The van der Waals surface area contributed by atoms with E-state index in [1.54, 1.807) is 13.0 Å². The Morgan fingerprint density at radius 3 is 2.68 bits per heavy atom. The lowest BCUT2D eigenvalue weighted by Gasteiger charge is -2.26. The number of carbonyl (C=O) groups is 2. The highest BCUT2D eigenvalue weighted by molar-refractivity contribution is 5.94. The molecule has 4 atom stereocenters. The van der Waals surface area contributed by atoms with E-state index in [4.69, 9.17) is 14.2 Å². The maximum atomic E-state index is 11.8. The number of hydrogen-bond acceptors (Lipinski definition) is 5. The largest absolute Gasteiger partial charge is 0.455 e. The van der Waals surface area contributed by atoms with Crippen LogP contribution >= 0.6 is 0 Å². The standard InChI is InChI=1S/C14H16O5/c1-5-10-12(17-8(4)15)13-11(18-10)6-9(7(2)3)14(16)19-13/h5-6,10-13H,1-2H2,3-4H3/t10-,11+,12+,13-/m0/s1. The quantitative estimate of drug-likeness (QED) is 0.568. The molecule has 5 nitrogen and oxygen atoms in total. The summed E-state index contributed by atoms with van der Waals surface area (Å²) in [5.41, 5.74) is 1.01. The van der Waals surface area contributed by atoms with Crippen LogP contribution in [0.2, 0.25) is 0 Å². The van der Waals surface area contributed by atoms with E-state index in [1.165, 1.54) is 13.0 Å². The molecule has 19 heavy (non-hydrogen) atoms. The fraction of sp³-hybridized carbons (Fsp3) is 0.429. The highest BCUT2D eigenvalue weighted by atomic mass is 16.6. The Morgan fingerprint density at radius 2 is 2.16 bits per heavy atom. The van der Waals surface area contributed by atoms with Crippen molar-refractivity contribution in [3.8, 4) is 0 Å². The number of ether oxygens (including phenoxy) is 3. The average Bonchev–Trinajstić information content (AvgIpc) is 2.65. The summed E-state index contributed by atoms with van der Waals surface area (Å²) in [6, 6.07) is 0. The molecule has 0 aromatic carbocycles. The number of carbonyl (C=O) groups excluding carboxylic acids is 2. The maximum Gasteiger partial charge on any atom is 0.338 e. The van der Waals surface area contributed by atoms with Crippen molar-refractivity contribution in [2.75, 3.05) is 0 Å². The Hall–Kier alpha value is -1.88. The van der Waals surface area contributed by atoms with Gasteiger partial charge >= 0.3 is 11.9 Å². The second-order valence-electron chi connectivity index (χ2n) is 4.61. The first-order chi connectivity index (χ1) is 8.93. The summed E-state index contributed by atoms with van der Waals surface area (Å²) >= 11 is 0. The molecule has 0 spiro atoms. The average molecular weight is 264 g/mol. The molecule has 0 aromatic heterocycles. The number of hydrogen-bond donors (Lipinski definition) is 0. The predicted molar refractivity (Wildman–Crippen MR) is 67.2 cm³/mol. The summed E-state index contributed by atoms with van der Waals surface area (Å²) in [5, 5.41) is 0. The highest BCUT2D eigenvalue weighted by Gasteiger charge is 2.49. The zero-order chi connectivity index (χ0) is 14.2. The lowest BCUT2D eigenvalue weighted by Crippen LogP contribution is -2.41. The number of esters is 2. The lowest BCUT2D eigenvalue weighted by atomic mass is 9.99. The van der Waals surface area contributed by atoms with Gasteiger partial charge in [-0.05, 0) is 18.6 Å². The zero-order valence-corrected chi connectivity index (χ0v) is 10.9. The van der Waals surface area contributed by atoms with E-state index in [-0.39, 0.29) is 0 Å². The SMILES string of the molecule is C=C[C@@H]1O[C@@H]2C=C(C(=C)C)C(=O)O[C@@H]2[C@@H]1OC(C)=O. The van der Waals surface area contributed by atoms with Gasteiger partial charge < -0.3 is 14.2 Å². The molecular formula is C14H16O5. The van der Waals surface area contributed by atoms with Gasteiger partial charge in [0.2, 0.25) is 0 Å². The monoisotopic (exact) mass is 264 g/mol. The van der Waals surface area contributed by atoms with Crippen LogP contribution in [-0.2, 0) is 23.8 Å². The second-order valence-corrected chi connectivity index (χ2v) is 4.61. The Bertz CT molecular complexity index is 476. The Kier molecular flexibility index (Phi) is 3.57. The summed E-state index contributed by atoms with van der Waals surface area (Å²) in [5.74, 6) is -0.925. The first-order valence-corrected chi connectivity index (χ1v) is 5.98. The minimum absolute atomic E-state index is 0.396. The van der Waals surface area contributed by atoms with Crippen LogP contribution in [-0.4, -0.2) is 36.4 Å². The Labute approximate surface area is 111 Å². The van der Waals surface area contributed by atoms with Gasteiger partial charge in [-0.15, -0.1) is 6.58 Å². The molecule has 2 aliphatic heterocycles. The van der Waals surface area contributed by atoms with Gasteiger partial charge in [-0.2, -0.15) is 0 Å². The summed E-state index contributed by atoms with van der Waals surface area (Å²) in [6.45, 7) is 10.4. The molecule has 0 N–H and O–H groups in total. The van der Waals surface area contributed by atoms with Crippen molar-refractivity contribution in [2.24, 2.45) is 0 Å². The molecule has 2 aliphatic rings. The fourth-order valence-corrected chi connectivity index (χ4v) is 2.23. The Morgan fingerprint density at radius 1 is 1.47 bits per heavy atom. The van der Waals surface area contributed by atoms with Crippen LogP contribution in [0.3, 0.4) is 0 Å². The first kappa shape index (κ1) is 13.5. The number of rotatable bonds is 3. The molecule has 5 heteroatoms. The van der Waals surface area contributed by atoms with E-state index in [1.807, 2.05) is 0 Å². The third kappa shape index (κ3) is 2.46. The molecule has 0 bridgehead atoms. The van der Waals surface area contributed by atoms with Crippen molar-refractivity contribution in [1.82, 2.24) is 0 Å². The van der Waals surface area contributed by atoms with E-state index in [0.717, 1.165) is 0 Å². The van der Waals surface area contributed by atoms with Crippen molar-refractivity contribution >= 4 is 11.9 Å². The highest BCUT2D eigenvalue weighted by Crippen LogP contribution is 2.33. The predicted octanol–water partition coefficient (Wildman–Crippen LogP) is 1.30. The van der Waals surface area contributed by atoms with Gasteiger partial charge in [0.25, 0.3) is 0 Å². The molecule has 1 saturated heterocycles. The summed E-state index contributed by atoms with van der Waals surface area (Å²) in [6.07, 6.45) is 0.964. The number of fused-ring (bicyclic) bond motifs is 1. The van der Waals surface area contributed by atoms with Crippen LogP contribution in [0.4, 0.5) is 0 Å². The third-order valence-electron chi connectivity index (χ3n) is 3.07. The van der Waals surface area contributed by atoms with Crippen LogP contribution in [0, 0.1) is 0 Å². The molecule has 0 radical (unpaired) electrons. The molecule has 0 amide bonds. The topological polar surface area (TPSA) is 61.8 Å². The summed E-state index contributed by atoms with van der Waals surface area (Å²) < 4.78 is 16.1. The fourth-order valence-electron chi connectivity index (χ4n) is 2.23. The minimum Gasteiger partial charge on any atom is -0.455 e. The van der Waals surface area contributed by atoms with Crippen LogP contribution in [0.25, 0.3) is 0 Å². The van der Waals surface area contributed by atoms with Crippen molar-refractivity contribution in [1.29, 1.82) is 0 Å². The molecular weight excluding hydrogens is 248 g/mol. The van der Waals surface area contributed by atoms with Crippen molar-refractivity contribution in [3.05, 3.63) is 36.5 Å². The van der Waals surface area contributed by atoms with Gasteiger partial charge in [0.1, 0.15) is 12.2 Å². The summed E-state index contributed by atoms with van der Waals surface area (Å²) in [7, 11) is 0. The van der Waals surface area contributed by atoms with Crippen molar-refractivity contribution in [2.45, 2.75) is 38.3 Å². The van der Waals surface area contributed by atoms with Gasteiger partial charge in [-0.25, -0.2) is 4.79 Å². The van der Waals surface area contributed by atoms with Gasteiger partial charge in [0.05, 0.1) is 5.57 Å². The van der Waals surface area contributed by atoms with E-state index in [9.17, 15) is 9.59 Å². The minimum atomic E-state index is -0.660. The van der Waals surface area contributed by atoms with E-state index < -0.39 is 36.4 Å². The second kappa shape index (κ2) is 5.01. The van der Waals surface area contributed by atoms with E-state index in [2.05, 4.69) is 13.2 Å². The zero-order valence-electron chi connectivity index (χ0n) is 10.9. The normalized spacial score (nSPS) is 32.9. The molecule has 102 valence electrons. The van der Waals surface area contributed by atoms with E-state index >= 15 is 0 Å². The maximum absolute atomic E-state index is 11.8. The molecule has 2 rings (SSSR count). The van der Waals surface area contributed by atoms with Crippen molar-refractivity contribution in [3.63, 3.8) is 0 Å². The van der Waals surface area contributed by atoms with Gasteiger partial charge in [0.15, 0.2) is 12.2 Å². The Balaban J connectivity index is 2.28. The molecule has 0 aromatic rings. The van der Waals surface area contributed by atoms with Crippen molar-refractivity contribution < 1.29 is 23.8 Å². The molecule has 1 fully saturated rings. The van der Waals surface area contributed by atoms with Crippen LogP contribution < -0.4 is 0 Å². The van der Waals surface area contributed by atoms with Gasteiger partial charge in [0, 0.05) is 6.92 Å². The molecule has 0 saturated carbocycles. The first-order valence-electron chi connectivity index (χ1n) is 5.98. The van der Waals surface area contributed by atoms with Crippen LogP contribution in [0.5, 0.6) is 0 Å². The van der Waals surface area contributed by atoms with Gasteiger partial charge in [-0.3, -0.25) is 4.79 Å². The third-order valence-corrected chi connectivity index (χ3v) is 3.07. The van der Waals surface area contributed by atoms with E-state index in [0.29, 0.717) is 11.1 Å². The molecule has 0 unspecified atom stereocenters. The smallest absolute Gasteiger partial charge is 0.338 e. The van der Waals surface area contributed by atoms with Crippen LogP contribution in [0.15, 0.2) is 36.5 Å². The molecule has 2 heterocycles. The lowest BCUT2D eigenvalue weighted by molar-refractivity contribution is -0.162. The molecule has 0 aliphatic carbocycles.